The molecule has 2 aromatic rings. The summed E-state index contributed by atoms with van der Waals surface area (Å²) in [5.74, 6) is 1.29. The first-order valence-corrected chi connectivity index (χ1v) is 8.40. The molecule has 4 rings (SSSR count). The molecule has 2 aliphatic heterocycles. The number of hydrogen-bond acceptors (Lipinski definition) is 6. The zero-order valence-corrected chi connectivity index (χ0v) is 13.9. The van der Waals surface area contributed by atoms with Crippen LogP contribution in [0.25, 0.3) is 0 Å². The van der Waals surface area contributed by atoms with Crippen LogP contribution in [0, 0.1) is 0 Å². The fourth-order valence-electron chi connectivity index (χ4n) is 3.30. The maximum absolute atomic E-state index is 5.79. The average molecular weight is 326 g/mol. The Balaban J connectivity index is 1.49. The van der Waals surface area contributed by atoms with Gasteiger partial charge in [0.2, 0.25) is 5.95 Å². The molecule has 2 fully saturated rings. The van der Waals surface area contributed by atoms with Crippen molar-refractivity contribution in [3.05, 3.63) is 42.6 Å². The van der Waals surface area contributed by atoms with Crippen molar-refractivity contribution in [2.45, 2.75) is 18.6 Å². The van der Waals surface area contributed by atoms with Gasteiger partial charge < -0.3 is 19.3 Å². The van der Waals surface area contributed by atoms with Gasteiger partial charge >= 0.3 is 0 Å². The number of nitrogens with zero attached hydrogens (tertiary/aromatic N) is 4. The molecule has 0 radical (unpaired) electrons. The second-order valence-electron chi connectivity index (χ2n) is 6.20. The van der Waals surface area contributed by atoms with Crippen LogP contribution in [-0.2, 0) is 9.47 Å². The molecule has 2 aliphatic rings. The van der Waals surface area contributed by atoms with Crippen LogP contribution in [0.2, 0.25) is 0 Å². The minimum atomic E-state index is -0.366. The number of piperidine rings is 1. The van der Waals surface area contributed by atoms with Crippen molar-refractivity contribution in [2.75, 3.05) is 43.2 Å². The first kappa shape index (κ1) is 15.4. The Labute approximate surface area is 142 Å². The van der Waals surface area contributed by atoms with E-state index >= 15 is 0 Å². The van der Waals surface area contributed by atoms with Gasteiger partial charge in [-0.05, 0) is 18.2 Å². The Kier molecular flexibility index (Phi) is 4.08. The highest BCUT2D eigenvalue weighted by Crippen LogP contribution is 2.32. The summed E-state index contributed by atoms with van der Waals surface area (Å²) < 4.78 is 11.6. The molecule has 0 amide bonds. The van der Waals surface area contributed by atoms with Crippen LogP contribution in [0.1, 0.15) is 12.8 Å². The van der Waals surface area contributed by atoms with E-state index < -0.39 is 0 Å². The third-order valence-corrected chi connectivity index (χ3v) is 4.74. The SMILES string of the molecule is CN(c1ccccc1)c1ccnc(N2CCC3(CC2)OCCO3)n1. The Morgan fingerprint density at radius 1 is 1.04 bits per heavy atom. The maximum Gasteiger partial charge on any atom is 0.227 e. The van der Waals surface area contributed by atoms with E-state index in [0.29, 0.717) is 13.2 Å². The lowest BCUT2D eigenvalue weighted by Crippen LogP contribution is -2.45. The predicted octanol–water partition coefficient (Wildman–Crippen LogP) is 2.59. The van der Waals surface area contributed by atoms with Gasteiger partial charge in [-0.1, -0.05) is 18.2 Å². The van der Waals surface area contributed by atoms with Crippen LogP contribution < -0.4 is 9.80 Å². The van der Waals surface area contributed by atoms with Crippen LogP contribution in [-0.4, -0.2) is 49.1 Å². The molecule has 1 aromatic heterocycles. The largest absolute Gasteiger partial charge is 0.347 e. The molecular weight excluding hydrogens is 304 g/mol. The molecule has 3 heterocycles. The van der Waals surface area contributed by atoms with Gasteiger partial charge in [-0.25, -0.2) is 4.98 Å². The lowest BCUT2D eigenvalue weighted by atomic mass is 10.0. The second kappa shape index (κ2) is 6.37. The first-order valence-electron chi connectivity index (χ1n) is 8.40. The van der Waals surface area contributed by atoms with E-state index in [9.17, 15) is 0 Å². The van der Waals surface area contributed by atoms with Gasteiger partial charge in [0.15, 0.2) is 5.79 Å². The van der Waals surface area contributed by atoms with Crippen LogP contribution in [0.4, 0.5) is 17.5 Å². The maximum atomic E-state index is 5.79. The molecule has 0 aliphatic carbocycles. The molecule has 24 heavy (non-hydrogen) atoms. The highest BCUT2D eigenvalue weighted by Gasteiger charge is 2.40. The summed E-state index contributed by atoms with van der Waals surface area (Å²) in [4.78, 5) is 13.5. The molecule has 0 bridgehead atoms. The zero-order valence-electron chi connectivity index (χ0n) is 13.9. The third-order valence-electron chi connectivity index (χ3n) is 4.74. The number of benzene rings is 1. The van der Waals surface area contributed by atoms with Gasteiger partial charge in [-0.3, -0.25) is 0 Å². The summed E-state index contributed by atoms with van der Waals surface area (Å²) in [6, 6.07) is 12.1. The van der Waals surface area contributed by atoms with Crippen molar-refractivity contribution in [1.82, 2.24) is 9.97 Å². The molecule has 2 saturated heterocycles. The van der Waals surface area contributed by atoms with E-state index in [1.165, 1.54) is 0 Å². The van der Waals surface area contributed by atoms with Crippen molar-refractivity contribution >= 4 is 17.5 Å². The number of ether oxygens (including phenoxy) is 2. The first-order chi connectivity index (χ1) is 11.8. The Morgan fingerprint density at radius 3 is 2.46 bits per heavy atom. The van der Waals surface area contributed by atoms with Gasteiger partial charge in [0, 0.05) is 44.9 Å². The standard InChI is InChI=1S/C18H22N4O2/c1-21(15-5-3-2-4-6-15)16-7-10-19-17(20-16)22-11-8-18(9-12-22)23-13-14-24-18/h2-7,10H,8-9,11-14H2,1H3. The number of rotatable bonds is 3. The molecule has 6 heteroatoms. The lowest BCUT2D eigenvalue weighted by Gasteiger charge is -2.37. The molecule has 126 valence electrons. The quantitative estimate of drug-likeness (QED) is 0.864. The monoisotopic (exact) mass is 326 g/mol. The number of para-hydroxylation sites is 1. The van der Waals surface area contributed by atoms with Crippen molar-refractivity contribution in [2.24, 2.45) is 0 Å². The Bertz CT molecular complexity index is 678. The molecule has 0 unspecified atom stereocenters. The number of anilines is 3. The smallest absolute Gasteiger partial charge is 0.227 e. The van der Waals surface area contributed by atoms with Gasteiger partial charge in [0.1, 0.15) is 5.82 Å². The zero-order chi connectivity index (χ0) is 16.4. The topological polar surface area (TPSA) is 50.7 Å². The summed E-state index contributed by atoms with van der Waals surface area (Å²) in [7, 11) is 2.02. The van der Waals surface area contributed by atoms with Crippen molar-refractivity contribution < 1.29 is 9.47 Å². The van der Waals surface area contributed by atoms with Crippen LogP contribution >= 0.6 is 0 Å². The highest BCUT2D eigenvalue weighted by atomic mass is 16.7. The fourth-order valence-corrected chi connectivity index (χ4v) is 3.30. The fraction of sp³-hybridized carbons (Fsp3) is 0.444. The highest BCUT2D eigenvalue weighted by molar-refractivity contribution is 5.59. The van der Waals surface area contributed by atoms with Crippen molar-refractivity contribution in [3.8, 4) is 0 Å². The Morgan fingerprint density at radius 2 is 1.75 bits per heavy atom. The second-order valence-corrected chi connectivity index (χ2v) is 6.20. The third kappa shape index (κ3) is 2.95. The lowest BCUT2D eigenvalue weighted by molar-refractivity contribution is -0.169. The van der Waals surface area contributed by atoms with E-state index in [-0.39, 0.29) is 5.79 Å². The molecule has 0 atom stereocenters. The van der Waals surface area contributed by atoms with Crippen LogP contribution in [0.5, 0.6) is 0 Å². The summed E-state index contributed by atoms with van der Waals surface area (Å²) in [6.07, 6.45) is 3.54. The molecule has 0 N–H and O–H groups in total. The van der Waals surface area contributed by atoms with E-state index in [4.69, 9.17) is 14.5 Å². The van der Waals surface area contributed by atoms with Crippen molar-refractivity contribution in [1.29, 1.82) is 0 Å². The van der Waals surface area contributed by atoms with Crippen LogP contribution in [0.15, 0.2) is 42.6 Å². The molecule has 6 nitrogen and oxygen atoms in total. The predicted molar refractivity (Wildman–Crippen MR) is 92.6 cm³/mol. The van der Waals surface area contributed by atoms with Crippen molar-refractivity contribution in [3.63, 3.8) is 0 Å². The molecule has 1 aromatic carbocycles. The van der Waals surface area contributed by atoms with E-state index in [1.54, 1.807) is 0 Å². The Hall–Kier alpha value is -2.18. The van der Waals surface area contributed by atoms with Crippen LogP contribution in [0.3, 0.4) is 0 Å². The van der Waals surface area contributed by atoms with E-state index in [2.05, 4.69) is 26.9 Å². The van der Waals surface area contributed by atoms with E-state index in [0.717, 1.165) is 43.4 Å². The molecule has 1 spiro atoms. The van der Waals surface area contributed by atoms with Gasteiger partial charge in [0.25, 0.3) is 0 Å². The minimum Gasteiger partial charge on any atom is -0.347 e. The number of aromatic nitrogens is 2. The number of hydrogen-bond donors (Lipinski definition) is 0. The van der Waals surface area contributed by atoms with Gasteiger partial charge in [-0.2, -0.15) is 4.98 Å². The minimum absolute atomic E-state index is 0.366. The van der Waals surface area contributed by atoms with E-state index in [1.807, 2.05) is 37.5 Å². The molecule has 0 saturated carbocycles. The molecular formula is C18H22N4O2. The van der Waals surface area contributed by atoms with Gasteiger partial charge in [0.05, 0.1) is 13.2 Å². The normalized spacial score (nSPS) is 19.6. The summed E-state index contributed by atoms with van der Waals surface area (Å²) in [5.41, 5.74) is 1.10. The average Bonchev–Trinajstić information content (AvgIpc) is 3.10. The van der Waals surface area contributed by atoms with Gasteiger partial charge in [-0.15, -0.1) is 0 Å². The summed E-state index contributed by atoms with van der Waals surface area (Å²) >= 11 is 0. The summed E-state index contributed by atoms with van der Waals surface area (Å²) in [5, 5.41) is 0. The summed E-state index contributed by atoms with van der Waals surface area (Å²) in [6.45, 7) is 3.10.